The van der Waals surface area contributed by atoms with Gasteiger partial charge in [-0.25, -0.2) is 0 Å². The predicted octanol–water partition coefficient (Wildman–Crippen LogP) is 4.04. The monoisotopic (exact) mass is 392 g/mol. The molecule has 2 N–H and O–H groups in total. The Kier molecular flexibility index (Phi) is 5.58. The topological polar surface area (TPSA) is 76.7 Å². The van der Waals surface area contributed by atoms with Crippen LogP contribution in [0, 0.1) is 0 Å². The predicted molar refractivity (Wildman–Crippen MR) is 103 cm³/mol. The number of anilines is 2. The summed E-state index contributed by atoms with van der Waals surface area (Å²) < 4.78 is 10.4. The first-order valence-electron chi connectivity index (χ1n) is 7.81. The third-order valence-corrected chi connectivity index (χ3v) is 5.20. The number of ether oxygens (including phenoxy) is 2. The fraction of sp³-hybridized carbons (Fsp3) is 0.222. The van der Waals surface area contributed by atoms with Crippen molar-refractivity contribution >= 4 is 46.6 Å². The van der Waals surface area contributed by atoms with Crippen LogP contribution in [0.25, 0.3) is 0 Å². The van der Waals surface area contributed by atoms with Crippen molar-refractivity contribution in [2.24, 2.45) is 0 Å². The van der Waals surface area contributed by atoms with Gasteiger partial charge in [-0.2, -0.15) is 0 Å². The maximum Gasteiger partial charge on any atom is 0.255 e. The molecule has 2 amide bonds. The molecule has 0 bridgehead atoms. The summed E-state index contributed by atoms with van der Waals surface area (Å²) in [6, 6.07) is 8.39. The second-order valence-corrected chi connectivity index (χ2v) is 7.04. The Labute approximate surface area is 160 Å². The molecule has 26 heavy (non-hydrogen) atoms. The van der Waals surface area contributed by atoms with E-state index in [9.17, 15) is 9.59 Å². The highest BCUT2D eigenvalue weighted by atomic mass is 35.5. The first-order valence-corrected chi connectivity index (χ1v) is 9.17. The largest absolute Gasteiger partial charge is 0.495 e. The number of benzene rings is 2. The third kappa shape index (κ3) is 3.89. The van der Waals surface area contributed by atoms with Gasteiger partial charge in [-0.3, -0.25) is 9.59 Å². The molecule has 3 rings (SSSR count). The summed E-state index contributed by atoms with van der Waals surface area (Å²) >= 11 is 7.72. The Bertz CT molecular complexity index is 873. The number of rotatable bonds is 4. The fourth-order valence-electron chi connectivity index (χ4n) is 2.51. The number of methoxy groups -OCH3 is 2. The van der Waals surface area contributed by atoms with Gasteiger partial charge in [-0.05, 0) is 24.3 Å². The van der Waals surface area contributed by atoms with Crippen LogP contribution in [0.15, 0.2) is 35.2 Å². The SMILES string of the molecule is COc1cc(OC)c(NC(=O)c2ccc3c(c2)NC(=O)CCS3)cc1Cl. The minimum Gasteiger partial charge on any atom is -0.495 e. The summed E-state index contributed by atoms with van der Waals surface area (Å²) in [5, 5.41) is 5.96. The van der Waals surface area contributed by atoms with E-state index in [4.69, 9.17) is 21.1 Å². The van der Waals surface area contributed by atoms with Crippen molar-refractivity contribution in [3.05, 3.63) is 40.9 Å². The standard InChI is InChI=1S/C18H17ClN2O4S/c1-24-14-9-15(25-2)12(8-11(14)19)21-18(23)10-3-4-16-13(7-10)20-17(22)5-6-26-16/h3-4,7-9H,5-6H2,1-2H3,(H,20,22)(H,21,23). The normalized spacial score (nSPS) is 13.3. The molecule has 0 aliphatic carbocycles. The molecule has 1 aliphatic heterocycles. The minimum atomic E-state index is -0.337. The summed E-state index contributed by atoms with van der Waals surface area (Å²) in [5.41, 5.74) is 1.49. The Hall–Kier alpha value is -2.38. The van der Waals surface area contributed by atoms with Crippen LogP contribution in [0.4, 0.5) is 11.4 Å². The molecule has 1 aliphatic rings. The first-order chi connectivity index (χ1) is 12.5. The minimum absolute atomic E-state index is 0.0580. The van der Waals surface area contributed by atoms with Gasteiger partial charge in [0.05, 0.1) is 30.6 Å². The van der Waals surface area contributed by atoms with Crippen LogP contribution < -0.4 is 20.1 Å². The molecule has 0 radical (unpaired) electrons. The number of fused-ring (bicyclic) bond motifs is 1. The van der Waals surface area contributed by atoms with E-state index in [-0.39, 0.29) is 11.8 Å². The second kappa shape index (κ2) is 7.88. The van der Waals surface area contributed by atoms with Gasteiger partial charge < -0.3 is 20.1 Å². The number of nitrogens with one attached hydrogen (secondary N) is 2. The Morgan fingerprint density at radius 2 is 1.96 bits per heavy atom. The molecule has 0 atom stereocenters. The number of amides is 2. The summed E-state index contributed by atoms with van der Waals surface area (Å²) in [4.78, 5) is 25.3. The molecule has 0 aromatic heterocycles. The summed E-state index contributed by atoms with van der Waals surface area (Å²) in [6.07, 6.45) is 0.447. The van der Waals surface area contributed by atoms with E-state index in [1.807, 2.05) is 6.07 Å². The lowest BCUT2D eigenvalue weighted by atomic mass is 10.1. The van der Waals surface area contributed by atoms with E-state index in [0.29, 0.717) is 45.6 Å². The van der Waals surface area contributed by atoms with Crippen molar-refractivity contribution in [2.45, 2.75) is 11.3 Å². The van der Waals surface area contributed by atoms with Crippen LogP contribution in [0.5, 0.6) is 11.5 Å². The molecule has 2 aromatic carbocycles. The molecule has 0 saturated heterocycles. The third-order valence-electron chi connectivity index (χ3n) is 3.82. The van der Waals surface area contributed by atoms with E-state index in [1.165, 1.54) is 14.2 Å². The van der Waals surface area contributed by atoms with Crippen LogP contribution in [0.3, 0.4) is 0 Å². The number of thioether (sulfide) groups is 1. The summed E-state index contributed by atoms with van der Waals surface area (Å²) in [7, 11) is 2.99. The van der Waals surface area contributed by atoms with E-state index >= 15 is 0 Å². The van der Waals surface area contributed by atoms with Crippen molar-refractivity contribution in [3.8, 4) is 11.5 Å². The van der Waals surface area contributed by atoms with Crippen LogP contribution in [-0.2, 0) is 4.79 Å². The molecule has 136 valence electrons. The molecule has 1 heterocycles. The molecule has 6 nitrogen and oxygen atoms in total. The number of hydrogen-bond donors (Lipinski definition) is 2. The van der Waals surface area contributed by atoms with Gasteiger partial charge in [0.1, 0.15) is 11.5 Å². The van der Waals surface area contributed by atoms with Crippen molar-refractivity contribution in [3.63, 3.8) is 0 Å². The van der Waals surface area contributed by atoms with Gasteiger partial charge in [0.2, 0.25) is 5.91 Å². The van der Waals surface area contributed by atoms with Crippen molar-refractivity contribution in [2.75, 3.05) is 30.6 Å². The van der Waals surface area contributed by atoms with Crippen molar-refractivity contribution in [1.82, 2.24) is 0 Å². The number of carbonyl (C=O) groups is 2. The van der Waals surface area contributed by atoms with Crippen molar-refractivity contribution in [1.29, 1.82) is 0 Å². The lowest BCUT2D eigenvalue weighted by Gasteiger charge is -2.14. The van der Waals surface area contributed by atoms with Crippen LogP contribution in [0.1, 0.15) is 16.8 Å². The van der Waals surface area contributed by atoms with Gasteiger partial charge in [0.15, 0.2) is 0 Å². The molecular formula is C18H17ClN2O4S. The molecule has 0 saturated carbocycles. The number of carbonyl (C=O) groups excluding carboxylic acids is 2. The average molecular weight is 393 g/mol. The Morgan fingerprint density at radius 3 is 2.69 bits per heavy atom. The van der Waals surface area contributed by atoms with E-state index in [0.717, 1.165) is 4.90 Å². The van der Waals surface area contributed by atoms with Gasteiger partial charge in [0.25, 0.3) is 5.91 Å². The van der Waals surface area contributed by atoms with Gasteiger partial charge >= 0.3 is 0 Å². The zero-order valence-electron chi connectivity index (χ0n) is 14.2. The van der Waals surface area contributed by atoms with Crippen LogP contribution in [-0.4, -0.2) is 31.8 Å². The van der Waals surface area contributed by atoms with E-state index in [1.54, 1.807) is 36.0 Å². The van der Waals surface area contributed by atoms with E-state index < -0.39 is 0 Å². The maximum absolute atomic E-state index is 12.6. The molecule has 0 spiro atoms. The van der Waals surface area contributed by atoms with Gasteiger partial charge in [-0.1, -0.05) is 11.6 Å². The zero-order chi connectivity index (χ0) is 18.7. The fourth-order valence-corrected chi connectivity index (χ4v) is 3.69. The number of hydrogen-bond acceptors (Lipinski definition) is 5. The zero-order valence-corrected chi connectivity index (χ0v) is 15.8. The van der Waals surface area contributed by atoms with Crippen LogP contribution >= 0.6 is 23.4 Å². The molecular weight excluding hydrogens is 376 g/mol. The van der Waals surface area contributed by atoms with Crippen molar-refractivity contribution < 1.29 is 19.1 Å². The highest BCUT2D eigenvalue weighted by Gasteiger charge is 2.17. The quantitative estimate of drug-likeness (QED) is 0.821. The summed E-state index contributed by atoms with van der Waals surface area (Å²) in [5.74, 6) is 1.20. The lowest BCUT2D eigenvalue weighted by Crippen LogP contribution is -2.14. The molecule has 0 fully saturated rings. The highest BCUT2D eigenvalue weighted by molar-refractivity contribution is 7.99. The lowest BCUT2D eigenvalue weighted by molar-refractivity contribution is -0.115. The molecule has 0 unspecified atom stereocenters. The van der Waals surface area contributed by atoms with Gasteiger partial charge in [-0.15, -0.1) is 11.8 Å². The Morgan fingerprint density at radius 1 is 1.19 bits per heavy atom. The molecule has 2 aromatic rings. The van der Waals surface area contributed by atoms with Crippen LogP contribution in [0.2, 0.25) is 5.02 Å². The molecule has 8 heteroatoms. The Balaban J connectivity index is 1.87. The summed E-state index contributed by atoms with van der Waals surface area (Å²) in [6.45, 7) is 0. The second-order valence-electron chi connectivity index (χ2n) is 5.50. The number of halogens is 1. The smallest absolute Gasteiger partial charge is 0.255 e. The average Bonchev–Trinajstić information content (AvgIpc) is 2.81. The first kappa shape index (κ1) is 18.4. The highest BCUT2D eigenvalue weighted by Crippen LogP contribution is 2.36. The van der Waals surface area contributed by atoms with Gasteiger partial charge in [0, 0.05) is 28.7 Å². The van der Waals surface area contributed by atoms with E-state index in [2.05, 4.69) is 10.6 Å². The maximum atomic E-state index is 12.6.